The molecular weight excluding hydrogens is 334 g/mol. The van der Waals surface area contributed by atoms with Crippen LogP contribution in [0, 0.1) is 17.0 Å². The summed E-state index contributed by atoms with van der Waals surface area (Å²) in [5.74, 6) is -0.270. The lowest BCUT2D eigenvalue weighted by Crippen LogP contribution is -2.14. The number of nitro groups is 1. The predicted molar refractivity (Wildman–Crippen MR) is 89.4 cm³/mol. The zero-order chi connectivity index (χ0) is 17.9. The minimum Gasteiger partial charge on any atom is -0.326 e. The van der Waals surface area contributed by atoms with E-state index in [-0.39, 0.29) is 22.2 Å². The molecule has 2 aromatic carbocycles. The van der Waals surface area contributed by atoms with Gasteiger partial charge >= 0.3 is 0 Å². The van der Waals surface area contributed by atoms with Gasteiger partial charge in [0.25, 0.3) is 15.7 Å². The van der Waals surface area contributed by atoms with Crippen molar-refractivity contribution in [2.45, 2.75) is 18.7 Å². The van der Waals surface area contributed by atoms with Crippen molar-refractivity contribution in [2.24, 2.45) is 0 Å². The van der Waals surface area contributed by atoms with Gasteiger partial charge in [-0.05, 0) is 36.8 Å². The number of carbonyl (C=O) groups is 1. The number of carbonyl (C=O) groups excluding carboxylic acids is 1. The van der Waals surface area contributed by atoms with Crippen molar-refractivity contribution in [3.63, 3.8) is 0 Å². The van der Waals surface area contributed by atoms with Crippen LogP contribution in [0.25, 0.3) is 0 Å². The van der Waals surface area contributed by atoms with Gasteiger partial charge in [-0.2, -0.15) is 0 Å². The van der Waals surface area contributed by atoms with E-state index in [9.17, 15) is 23.3 Å². The molecule has 0 fully saturated rings. The number of rotatable bonds is 5. The summed E-state index contributed by atoms with van der Waals surface area (Å²) < 4.78 is 27.0. The smallest absolute Gasteiger partial charge is 0.269 e. The maximum absolute atomic E-state index is 12.3. The molecule has 126 valence electrons. The van der Waals surface area contributed by atoms with Crippen molar-refractivity contribution in [3.8, 4) is 0 Å². The summed E-state index contributed by atoms with van der Waals surface area (Å²) in [6, 6.07) is 9.27. The third kappa shape index (κ3) is 4.07. The van der Waals surface area contributed by atoms with E-state index in [4.69, 9.17) is 0 Å². The minimum absolute atomic E-state index is 0.102. The second-order valence-corrected chi connectivity index (χ2v) is 6.75. The van der Waals surface area contributed by atoms with Crippen LogP contribution in [-0.2, 0) is 14.8 Å². The molecule has 8 nitrogen and oxygen atoms in total. The second kappa shape index (κ2) is 6.67. The molecule has 0 radical (unpaired) electrons. The number of benzene rings is 2. The Morgan fingerprint density at radius 3 is 2.29 bits per heavy atom. The number of nitrogens with one attached hydrogen (secondary N) is 2. The highest BCUT2D eigenvalue weighted by Crippen LogP contribution is 2.23. The minimum atomic E-state index is -3.90. The molecule has 0 spiro atoms. The third-order valence-corrected chi connectivity index (χ3v) is 4.56. The number of amides is 1. The van der Waals surface area contributed by atoms with Crippen molar-refractivity contribution < 1.29 is 18.1 Å². The van der Waals surface area contributed by atoms with E-state index in [2.05, 4.69) is 10.0 Å². The lowest BCUT2D eigenvalue weighted by molar-refractivity contribution is -0.384. The summed E-state index contributed by atoms with van der Waals surface area (Å²) >= 11 is 0. The summed E-state index contributed by atoms with van der Waals surface area (Å²) in [5.41, 5.74) is 1.34. The van der Waals surface area contributed by atoms with E-state index in [0.717, 1.165) is 29.8 Å². The maximum atomic E-state index is 12.3. The van der Waals surface area contributed by atoms with Crippen LogP contribution in [0.4, 0.5) is 17.1 Å². The van der Waals surface area contributed by atoms with E-state index in [1.165, 1.54) is 13.0 Å². The summed E-state index contributed by atoms with van der Waals surface area (Å²) in [6.07, 6.45) is 0. The highest BCUT2D eigenvalue weighted by molar-refractivity contribution is 7.92. The summed E-state index contributed by atoms with van der Waals surface area (Å²) in [5, 5.41) is 13.2. The largest absolute Gasteiger partial charge is 0.326 e. The fourth-order valence-corrected chi connectivity index (χ4v) is 3.02. The van der Waals surface area contributed by atoms with Gasteiger partial charge in [0.05, 0.1) is 15.5 Å². The van der Waals surface area contributed by atoms with Gasteiger partial charge < -0.3 is 5.32 Å². The molecule has 0 aliphatic rings. The zero-order valence-electron chi connectivity index (χ0n) is 12.9. The van der Waals surface area contributed by atoms with Crippen LogP contribution in [0.3, 0.4) is 0 Å². The first-order chi connectivity index (χ1) is 11.2. The third-order valence-electron chi connectivity index (χ3n) is 3.16. The van der Waals surface area contributed by atoms with Crippen molar-refractivity contribution in [2.75, 3.05) is 10.0 Å². The zero-order valence-corrected chi connectivity index (χ0v) is 13.8. The Bertz CT molecular complexity index is 892. The number of sulfonamides is 1. The van der Waals surface area contributed by atoms with Gasteiger partial charge in [-0.1, -0.05) is 6.07 Å². The molecule has 24 heavy (non-hydrogen) atoms. The Morgan fingerprint density at radius 1 is 1.12 bits per heavy atom. The van der Waals surface area contributed by atoms with E-state index in [1.807, 2.05) is 0 Å². The van der Waals surface area contributed by atoms with Crippen LogP contribution in [0.5, 0.6) is 0 Å². The average Bonchev–Trinajstić information content (AvgIpc) is 2.50. The van der Waals surface area contributed by atoms with Gasteiger partial charge in [0.2, 0.25) is 5.91 Å². The lowest BCUT2D eigenvalue weighted by Gasteiger charge is -2.12. The normalized spacial score (nSPS) is 10.9. The van der Waals surface area contributed by atoms with E-state index in [1.54, 1.807) is 19.1 Å². The number of aryl methyl sites for hydroxylation is 1. The standard InChI is InChI=1S/C15H15N3O5S/c1-10-3-4-12(9-15(10)16-11(2)19)17-24(22,23)14-7-5-13(6-8-14)18(20)21/h3-9,17H,1-2H3,(H,16,19). The first-order valence-corrected chi connectivity index (χ1v) is 8.33. The molecule has 0 unspecified atom stereocenters. The van der Waals surface area contributed by atoms with Crippen molar-refractivity contribution in [1.29, 1.82) is 0 Å². The van der Waals surface area contributed by atoms with E-state index in [0.29, 0.717) is 5.69 Å². The van der Waals surface area contributed by atoms with Crippen molar-refractivity contribution in [1.82, 2.24) is 0 Å². The lowest BCUT2D eigenvalue weighted by atomic mass is 10.2. The van der Waals surface area contributed by atoms with Crippen LogP contribution >= 0.6 is 0 Å². The molecule has 0 bridgehead atoms. The summed E-state index contributed by atoms with van der Waals surface area (Å²) in [7, 11) is -3.90. The molecule has 0 saturated heterocycles. The molecule has 0 aromatic heterocycles. The predicted octanol–water partition coefficient (Wildman–Crippen LogP) is 2.66. The number of hydrogen-bond donors (Lipinski definition) is 2. The molecular formula is C15H15N3O5S. The van der Waals surface area contributed by atoms with Crippen LogP contribution in [0.15, 0.2) is 47.4 Å². The molecule has 0 saturated carbocycles. The fourth-order valence-electron chi connectivity index (χ4n) is 1.97. The van der Waals surface area contributed by atoms with Gasteiger partial charge in [0.1, 0.15) is 0 Å². The number of non-ortho nitro benzene ring substituents is 1. The number of anilines is 2. The molecule has 2 aromatic rings. The van der Waals surface area contributed by atoms with Crippen molar-refractivity contribution >= 4 is 33.0 Å². The van der Waals surface area contributed by atoms with Crippen LogP contribution in [0.1, 0.15) is 12.5 Å². The first-order valence-electron chi connectivity index (χ1n) is 6.84. The maximum Gasteiger partial charge on any atom is 0.269 e. The molecule has 0 atom stereocenters. The number of hydrogen-bond acceptors (Lipinski definition) is 5. The van der Waals surface area contributed by atoms with Crippen LogP contribution < -0.4 is 10.0 Å². The Hall–Kier alpha value is -2.94. The SMILES string of the molecule is CC(=O)Nc1cc(NS(=O)(=O)c2ccc([N+](=O)[O-])cc2)ccc1C. The molecule has 0 aliphatic carbocycles. The van der Waals surface area contributed by atoms with Crippen LogP contribution in [-0.4, -0.2) is 19.2 Å². The Labute approximate surface area is 138 Å². The van der Waals surface area contributed by atoms with Gasteiger partial charge in [0.15, 0.2) is 0 Å². The average molecular weight is 349 g/mol. The molecule has 2 N–H and O–H groups in total. The van der Waals surface area contributed by atoms with Gasteiger partial charge in [-0.25, -0.2) is 8.42 Å². The molecule has 0 aliphatic heterocycles. The number of nitro benzene ring substituents is 1. The number of nitrogens with zero attached hydrogens (tertiary/aromatic N) is 1. The summed E-state index contributed by atoms with van der Waals surface area (Å²) in [4.78, 5) is 21.1. The van der Waals surface area contributed by atoms with Gasteiger partial charge in [-0.15, -0.1) is 0 Å². The summed E-state index contributed by atoms with van der Waals surface area (Å²) in [6.45, 7) is 3.13. The Morgan fingerprint density at radius 2 is 1.75 bits per heavy atom. The fraction of sp³-hybridized carbons (Fsp3) is 0.133. The molecule has 2 rings (SSSR count). The molecule has 9 heteroatoms. The Kier molecular flexibility index (Phi) is 4.84. The second-order valence-electron chi connectivity index (χ2n) is 5.07. The van der Waals surface area contributed by atoms with E-state index >= 15 is 0 Å². The van der Waals surface area contributed by atoms with Crippen molar-refractivity contribution in [3.05, 3.63) is 58.1 Å². The highest BCUT2D eigenvalue weighted by Gasteiger charge is 2.16. The topological polar surface area (TPSA) is 118 Å². The van der Waals surface area contributed by atoms with Gasteiger partial charge in [0, 0.05) is 24.7 Å². The first kappa shape index (κ1) is 17.4. The van der Waals surface area contributed by atoms with Crippen LogP contribution in [0.2, 0.25) is 0 Å². The quantitative estimate of drug-likeness (QED) is 0.635. The van der Waals surface area contributed by atoms with E-state index < -0.39 is 14.9 Å². The molecule has 1 amide bonds. The van der Waals surface area contributed by atoms with Gasteiger partial charge in [-0.3, -0.25) is 19.6 Å². The highest BCUT2D eigenvalue weighted by atomic mass is 32.2. The Balaban J connectivity index is 2.28. The molecule has 0 heterocycles. The monoisotopic (exact) mass is 349 g/mol.